The van der Waals surface area contributed by atoms with Gasteiger partial charge in [-0.25, -0.2) is 9.78 Å². The zero-order valence-corrected chi connectivity index (χ0v) is 19.8. The number of carbonyl (C=O) groups excluding carboxylic acids is 1. The molecule has 172 valence electrons. The molecule has 2 aromatic rings. The van der Waals surface area contributed by atoms with Crippen LogP contribution in [0.4, 0.5) is 10.8 Å². The zero-order valence-electron chi connectivity index (χ0n) is 19.0. The molecule has 1 fully saturated rings. The van der Waals surface area contributed by atoms with Crippen LogP contribution in [0.25, 0.3) is 0 Å². The summed E-state index contributed by atoms with van der Waals surface area (Å²) in [5.41, 5.74) is 1.34. The second-order valence-electron chi connectivity index (χ2n) is 9.94. The molecule has 0 radical (unpaired) electrons. The van der Waals surface area contributed by atoms with Crippen LogP contribution in [0.3, 0.4) is 0 Å². The van der Waals surface area contributed by atoms with Crippen molar-refractivity contribution in [1.29, 1.82) is 0 Å². The Morgan fingerprint density at radius 3 is 2.62 bits per heavy atom. The van der Waals surface area contributed by atoms with E-state index in [9.17, 15) is 14.7 Å². The van der Waals surface area contributed by atoms with Crippen LogP contribution in [0.2, 0.25) is 0 Å². The first-order valence-electron chi connectivity index (χ1n) is 11.0. The molecule has 0 aromatic carbocycles. The highest BCUT2D eigenvalue weighted by Crippen LogP contribution is 2.36. The summed E-state index contributed by atoms with van der Waals surface area (Å²) in [6.45, 7) is 10.1. The molecule has 8 nitrogen and oxygen atoms in total. The van der Waals surface area contributed by atoms with E-state index < -0.39 is 5.97 Å². The Kier molecular flexibility index (Phi) is 6.00. The number of carboxylic acid groups (broad SMARTS) is 1. The Hall–Kier alpha value is -2.49. The Labute approximate surface area is 192 Å². The second-order valence-corrected chi connectivity index (χ2v) is 11.0. The Morgan fingerprint density at radius 2 is 1.94 bits per heavy atom. The minimum Gasteiger partial charge on any atom is -0.478 e. The standard InChI is InChI=1S/C23H31N5O3S/c1-22(2)10-13(11-23(3,4)28-22)26-18-15(6-5-8-25-18)19(29)27-20-17(21(30)31)14-7-9-24-12-16(14)32-20/h5-6,8,13,24,28H,7,9-12H2,1-4H3,(H,25,26)(H,27,29)(H,30,31). The molecule has 4 heterocycles. The van der Waals surface area contributed by atoms with Crippen LogP contribution in [0.5, 0.6) is 0 Å². The average Bonchev–Trinajstić information content (AvgIpc) is 3.03. The van der Waals surface area contributed by atoms with E-state index in [1.165, 1.54) is 11.3 Å². The van der Waals surface area contributed by atoms with Gasteiger partial charge < -0.3 is 26.4 Å². The third-order valence-electron chi connectivity index (χ3n) is 5.95. The molecule has 32 heavy (non-hydrogen) atoms. The van der Waals surface area contributed by atoms with Gasteiger partial charge in [-0.2, -0.15) is 0 Å². The number of nitrogens with zero attached hydrogens (tertiary/aromatic N) is 1. The van der Waals surface area contributed by atoms with Crippen molar-refractivity contribution in [2.45, 2.75) is 70.6 Å². The molecule has 0 unspecified atom stereocenters. The number of aromatic nitrogens is 1. The number of hydrogen-bond acceptors (Lipinski definition) is 7. The lowest BCUT2D eigenvalue weighted by Gasteiger charge is -2.46. The summed E-state index contributed by atoms with van der Waals surface area (Å²) in [5, 5.41) is 23.4. The predicted molar refractivity (Wildman–Crippen MR) is 127 cm³/mol. The summed E-state index contributed by atoms with van der Waals surface area (Å²) >= 11 is 1.33. The normalized spacial score (nSPS) is 19.8. The molecular formula is C23H31N5O3S. The molecule has 5 N–H and O–H groups in total. The smallest absolute Gasteiger partial charge is 0.339 e. The summed E-state index contributed by atoms with van der Waals surface area (Å²) in [5.74, 6) is -0.853. The number of rotatable bonds is 5. The van der Waals surface area contributed by atoms with Crippen LogP contribution in [0.15, 0.2) is 18.3 Å². The molecule has 0 aliphatic carbocycles. The summed E-state index contributed by atoms with van der Waals surface area (Å²) in [6, 6.07) is 3.59. The van der Waals surface area contributed by atoms with Gasteiger partial charge in [0.25, 0.3) is 5.91 Å². The van der Waals surface area contributed by atoms with Crippen molar-refractivity contribution in [3.8, 4) is 0 Å². The highest BCUT2D eigenvalue weighted by Gasteiger charge is 2.38. The monoisotopic (exact) mass is 457 g/mol. The summed E-state index contributed by atoms with van der Waals surface area (Å²) in [7, 11) is 0. The number of aromatic carboxylic acids is 1. The van der Waals surface area contributed by atoms with Gasteiger partial charge in [0, 0.05) is 34.7 Å². The number of nitrogens with one attached hydrogen (secondary N) is 4. The molecule has 0 atom stereocenters. The number of thiophene rings is 1. The lowest BCUT2D eigenvalue weighted by atomic mass is 9.79. The molecule has 4 rings (SSSR count). The van der Waals surface area contributed by atoms with Gasteiger partial charge in [-0.1, -0.05) is 0 Å². The summed E-state index contributed by atoms with van der Waals surface area (Å²) in [4.78, 5) is 30.5. The van der Waals surface area contributed by atoms with Gasteiger partial charge in [-0.15, -0.1) is 11.3 Å². The first-order chi connectivity index (χ1) is 15.0. The van der Waals surface area contributed by atoms with Gasteiger partial charge in [-0.3, -0.25) is 4.79 Å². The number of carboxylic acids is 1. The van der Waals surface area contributed by atoms with Crippen molar-refractivity contribution >= 4 is 34.0 Å². The molecule has 9 heteroatoms. The maximum atomic E-state index is 13.2. The molecule has 0 saturated carbocycles. The van der Waals surface area contributed by atoms with Crippen molar-refractivity contribution in [2.24, 2.45) is 0 Å². The fourth-order valence-corrected chi connectivity index (χ4v) is 6.34. The summed E-state index contributed by atoms with van der Waals surface area (Å²) < 4.78 is 0. The molecule has 2 aromatic heterocycles. The number of piperidine rings is 1. The van der Waals surface area contributed by atoms with Gasteiger partial charge in [0.15, 0.2) is 0 Å². The second kappa shape index (κ2) is 8.46. The molecule has 1 saturated heterocycles. The summed E-state index contributed by atoms with van der Waals surface area (Å²) in [6.07, 6.45) is 4.09. The third kappa shape index (κ3) is 4.79. The van der Waals surface area contributed by atoms with Crippen LogP contribution in [0, 0.1) is 0 Å². The molecule has 2 aliphatic rings. The minimum absolute atomic E-state index is 0.0446. The van der Waals surface area contributed by atoms with E-state index in [4.69, 9.17) is 0 Å². The minimum atomic E-state index is -1.01. The van der Waals surface area contributed by atoms with Crippen molar-refractivity contribution in [2.75, 3.05) is 17.2 Å². The average molecular weight is 458 g/mol. The van der Waals surface area contributed by atoms with Gasteiger partial charge in [0.1, 0.15) is 10.8 Å². The van der Waals surface area contributed by atoms with Gasteiger partial charge in [0.05, 0.1) is 11.1 Å². The lowest BCUT2D eigenvalue weighted by molar-refractivity contribution is 0.0697. The van der Waals surface area contributed by atoms with Crippen molar-refractivity contribution in [3.63, 3.8) is 0 Å². The van der Waals surface area contributed by atoms with Crippen LogP contribution in [-0.4, -0.2) is 45.6 Å². The maximum Gasteiger partial charge on any atom is 0.339 e. The first kappa shape index (κ1) is 22.7. The SMILES string of the molecule is CC1(C)CC(Nc2ncccc2C(=O)Nc2sc3c(c2C(=O)O)CCNC3)CC(C)(C)N1. The number of hydrogen-bond donors (Lipinski definition) is 5. The van der Waals surface area contributed by atoms with Crippen molar-refractivity contribution in [3.05, 3.63) is 39.9 Å². The molecule has 2 aliphatic heterocycles. The Bertz CT molecular complexity index is 1030. The van der Waals surface area contributed by atoms with Crippen LogP contribution in [-0.2, 0) is 13.0 Å². The highest BCUT2D eigenvalue weighted by molar-refractivity contribution is 7.17. The van der Waals surface area contributed by atoms with Crippen LogP contribution in [0.1, 0.15) is 71.7 Å². The van der Waals surface area contributed by atoms with Crippen LogP contribution < -0.4 is 21.3 Å². The van der Waals surface area contributed by atoms with Gasteiger partial charge >= 0.3 is 5.97 Å². The van der Waals surface area contributed by atoms with E-state index in [2.05, 4.69) is 53.9 Å². The quantitative estimate of drug-likeness (QED) is 0.467. The van der Waals surface area contributed by atoms with E-state index in [1.807, 2.05) is 0 Å². The third-order valence-corrected chi connectivity index (χ3v) is 7.10. The largest absolute Gasteiger partial charge is 0.478 e. The van der Waals surface area contributed by atoms with Crippen LogP contribution >= 0.6 is 11.3 Å². The Balaban J connectivity index is 1.58. The molecule has 0 bridgehead atoms. The first-order valence-corrected chi connectivity index (χ1v) is 11.8. The van der Waals surface area contributed by atoms with Crippen molar-refractivity contribution < 1.29 is 14.7 Å². The van der Waals surface area contributed by atoms with Gasteiger partial charge in [-0.05, 0) is 71.2 Å². The predicted octanol–water partition coefficient (Wildman–Crippen LogP) is 3.46. The maximum absolute atomic E-state index is 13.2. The van der Waals surface area contributed by atoms with Crippen molar-refractivity contribution in [1.82, 2.24) is 15.6 Å². The number of fused-ring (bicyclic) bond motifs is 1. The van der Waals surface area contributed by atoms with E-state index in [0.29, 0.717) is 29.3 Å². The molecule has 0 spiro atoms. The zero-order chi connectivity index (χ0) is 23.1. The number of carbonyl (C=O) groups is 2. The van der Waals surface area contributed by atoms with Gasteiger partial charge in [0.2, 0.25) is 0 Å². The van der Waals surface area contributed by atoms with E-state index in [-0.39, 0.29) is 28.6 Å². The number of amides is 1. The molecule has 1 amide bonds. The van der Waals surface area contributed by atoms with E-state index in [1.54, 1.807) is 18.3 Å². The number of anilines is 2. The fourth-order valence-electron chi connectivity index (χ4n) is 5.14. The lowest BCUT2D eigenvalue weighted by Crippen LogP contribution is -2.60. The van der Waals surface area contributed by atoms with E-state index >= 15 is 0 Å². The van der Waals surface area contributed by atoms with E-state index in [0.717, 1.165) is 29.8 Å². The Morgan fingerprint density at radius 1 is 1.22 bits per heavy atom. The fraction of sp³-hybridized carbons (Fsp3) is 0.522. The topological polar surface area (TPSA) is 115 Å². The molecular weight excluding hydrogens is 426 g/mol. The highest BCUT2D eigenvalue weighted by atomic mass is 32.1. The number of pyridine rings is 1.